The van der Waals surface area contributed by atoms with Crippen LogP contribution in [-0.4, -0.2) is 35.4 Å². The molecule has 2 rings (SSSR count). The van der Waals surface area contributed by atoms with Crippen molar-refractivity contribution in [2.24, 2.45) is 5.92 Å². The zero-order valence-electron chi connectivity index (χ0n) is 24.8. The quantitative estimate of drug-likeness (QED) is 0.271. The summed E-state index contributed by atoms with van der Waals surface area (Å²) >= 11 is 0. The molecule has 2 aromatic carbocycles. The summed E-state index contributed by atoms with van der Waals surface area (Å²) < 4.78 is 10.4. The lowest BCUT2D eigenvalue weighted by atomic mass is 9.76. The maximum Gasteiger partial charge on any atom is 0.320 e. The summed E-state index contributed by atoms with van der Waals surface area (Å²) in [4.78, 5) is 25.5. The minimum atomic E-state index is -1.03. The Labute approximate surface area is 228 Å². The molecule has 0 bridgehead atoms. The first-order chi connectivity index (χ1) is 17.5. The second-order valence-corrected chi connectivity index (χ2v) is 12.1. The molecule has 210 valence electrons. The van der Waals surface area contributed by atoms with Crippen molar-refractivity contribution in [1.29, 1.82) is 0 Å². The largest absolute Gasteiger partial charge is 0.508 e. The maximum atomic E-state index is 12.8. The highest BCUT2D eigenvalue weighted by Crippen LogP contribution is 2.43. The summed E-state index contributed by atoms with van der Waals surface area (Å²) in [5.74, 6) is -1.92. The Balaban J connectivity index is 2.75. The summed E-state index contributed by atoms with van der Waals surface area (Å²) in [6, 6.07) is 7.67. The van der Waals surface area contributed by atoms with Crippen molar-refractivity contribution in [2.75, 3.05) is 13.2 Å². The van der Waals surface area contributed by atoms with Crippen molar-refractivity contribution in [2.45, 2.75) is 98.8 Å². The van der Waals surface area contributed by atoms with Gasteiger partial charge in [0.15, 0.2) is 5.92 Å². The van der Waals surface area contributed by atoms with Gasteiger partial charge in [0.25, 0.3) is 0 Å². The number of esters is 2. The van der Waals surface area contributed by atoms with Gasteiger partial charge in [-0.2, -0.15) is 0 Å². The molecule has 0 heterocycles. The Bertz CT molecular complexity index is 1060. The average Bonchev–Trinajstić information content (AvgIpc) is 2.76. The zero-order valence-corrected chi connectivity index (χ0v) is 24.8. The van der Waals surface area contributed by atoms with Crippen LogP contribution in [0, 0.1) is 19.8 Å². The summed E-state index contributed by atoms with van der Waals surface area (Å²) in [6.45, 7) is 20.0. The number of carbonyl (C=O) groups excluding carboxylic acids is 2. The van der Waals surface area contributed by atoms with E-state index >= 15 is 0 Å². The number of carbonyl (C=O) groups is 2. The third-order valence-electron chi connectivity index (χ3n) is 7.02. The number of phenols is 2. The van der Waals surface area contributed by atoms with E-state index in [1.165, 1.54) is 0 Å². The van der Waals surface area contributed by atoms with Crippen LogP contribution in [0.15, 0.2) is 24.3 Å². The van der Waals surface area contributed by atoms with Crippen LogP contribution in [0.1, 0.15) is 108 Å². The molecule has 0 radical (unpaired) electrons. The SMILES string of the molecule is CCOC(=O)C(CCC(c1cc(C(C)(C)C)c(O)cc1C)c1cc(C(C)(C)C)c(O)cc1C)C(=O)OCC. The zero-order chi connectivity index (χ0) is 29.0. The Kier molecular flexibility index (Phi) is 10.0. The van der Waals surface area contributed by atoms with Crippen LogP contribution in [0.2, 0.25) is 0 Å². The summed E-state index contributed by atoms with van der Waals surface area (Å²) in [5.41, 5.74) is 4.89. The Morgan fingerprint density at radius 3 is 1.39 bits per heavy atom. The minimum absolute atomic E-state index is 0.177. The number of aromatic hydroxyl groups is 2. The molecule has 0 aliphatic heterocycles. The van der Waals surface area contributed by atoms with Crippen LogP contribution in [0.25, 0.3) is 0 Å². The van der Waals surface area contributed by atoms with Gasteiger partial charge in [-0.1, -0.05) is 53.7 Å². The molecular weight excluding hydrogens is 480 g/mol. The molecule has 6 nitrogen and oxygen atoms in total. The molecule has 0 unspecified atom stereocenters. The van der Waals surface area contributed by atoms with E-state index in [-0.39, 0.29) is 47.9 Å². The molecular formula is C32H46O6. The highest BCUT2D eigenvalue weighted by Gasteiger charge is 2.33. The Hall–Kier alpha value is -3.02. The van der Waals surface area contributed by atoms with Crippen LogP contribution in [0.3, 0.4) is 0 Å². The highest BCUT2D eigenvalue weighted by atomic mass is 16.6. The molecule has 38 heavy (non-hydrogen) atoms. The Morgan fingerprint density at radius 1 is 0.711 bits per heavy atom. The molecule has 0 aromatic heterocycles. The molecule has 6 heteroatoms. The van der Waals surface area contributed by atoms with Crippen LogP contribution in [-0.2, 0) is 29.9 Å². The predicted molar refractivity (Wildman–Crippen MR) is 151 cm³/mol. The van der Waals surface area contributed by atoms with Crippen molar-refractivity contribution in [3.8, 4) is 11.5 Å². The smallest absolute Gasteiger partial charge is 0.320 e. The van der Waals surface area contributed by atoms with Gasteiger partial charge in [0, 0.05) is 5.92 Å². The van der Waals surface area contributed by atoms with E-state index < -0.39 is 17.9 Å². The molecule has 0 aliphatic carbocycles. The maximum absolute atomic E-state index is 12.8. The van der Waals surface area contributed by atoms with Gasteiger partial charge in [-0.25, -0.2) is 0 Å². The van der Waals surface area contributed by atoms with Gasteiger partial charge >= 0.3 is 11.9 Å². The van der Waals surface area contributed by atoms with E-state index in [0.717, 1.165) is 33.4 Å². The van der Waals surface area contributed by atoms with Crippen molar-refractivity contribution in [3.63, 3.8) is 0 Å². The molecule has 2 aromatic rings. The fraction of sp³-hybridized carbons (Fsp3) is 0.562. The van der Waals surface area contributed by atoms with Crippen LogP contribution < -0.4 is 0 Å². The average molecular weight is 527 g/mol. The van der Waals surface area contributed by atoms with Gasteiger partial charge in [-0.3, -0.25) is 9.59 Å². The van der Waals surface area contributed by atoms with Crippen LogP contribution in [0.5, 0.6) is 11.5 Å². The summed E-state index contributed by atoms with van der Waals surface area (Å²) in [7, 11) is 0. The van der Waals surface area contributed by atoms with E-state index in [1.54, 1.807) is 26.0 Å². The monoisotopic (exact) mass is 526 g/mol. The highest BCUT2D eigenvalue weighted by molar-refractivity contribution is 5.94. The fourth-order valence-electron chi connectivity index (χ4n) is 5.00. The minimum Gasteiger partial charge on any atom is -0.508 e. The van der Waals surface area contributed by atoms with E-state index in [9.17, 15) is 19.8 Å². The molecule has 0 aliphatic rings. The fourth-order valence-corrected chi connectivity index (χ4v) is 5.00. The van der Waals surface area contributed by atoms with Crippen molar-refractivity contribution < 1.29 is 29.3 Å². The topological polar surface area (TPSA) is 93.1 Å². The number of aryl methyl sites for hydroxylation is 2. The molecule has 0 amide bonds. The van der Waals surface area contributed by atoms with Crippen molar-refractivity contribution in [3.05, 3.63) is 57.6 Å². The molecule has 0 saturated heterocycles. The Morgan fingerprint density at radius 2 is 1.08 bits per heavy atom. The number of phenolic OH excluding ortho intramolecular Hbond substituents is 2. The first kappa shape index (κ1) is 31.2. The molecule has 0 spiro atoms. The molecule has 2 N–H and O–H groups in total. The van der Waals surface area contributed by atoms with Gasteiger partial charge < -0.3 is 19.7 Å². The van der Waals surface area contributed by atoms with Crippen molar-refractivity contribution in [1.82, 2.24) is 0 Å². The lowest BCUT2D eigenvalue weighted by molar-refractivity contribution is -0.162. The van der Waals surface area contributed by atoms with Gasteiger partial charge in [0.2, 0.25) is 0 Å². The second kappa shape index (κ2) is 12.2. The van der Waals surface area contributed by atoms with Crippen LogP contribution >= 0.6 is 0 Å². The normalized spacial score (nSPS) is 12.2. The number of rotatable bonds is 9. The first-order valence-electron chi connectivity index (χ1n) is 13.5. The molecule has 0 fully saturated rings. The van der Waals surface area contributed by atoms with Gasteiger partial charge in [0.05, 0.1) is 13.2 Å². The van der Waals surface area contributed by atoms with Crippen LogP contribution in [0.4, 0.5) is 0 Å². The third-order valence-corrected chi connectivity index (χ3v) is 7.02. The summed E-state index contributed by atoms with van der Waals surface area (Å²) in [6.07, 6.45) is 0.700. The number of hydrogen-bond donors (Lipinski definition) is 2. The standard InChI is InChI=1S/C32H46O6/c1-11-37-29(35)22(30(36)38-12-2)14-13-21(23-17-25(31(5,6)7)27(33)15-19(23)3)24-18-26(32(8,9)10)28(34)16-20(24)4/h15-18,21-22,33-34H,11-14H2,1-10H3. The summed E-state index contributed by atoms with van der Waals surface area (Å²) in [5, 5.41) is 21.5. The van der Waals surface area contributed by atoms with E-state index in [1.807, 2.05) is 26.0 Å². The molecule has 0 saturated carbocycles. The van der Waals surface area contributed by atoms with Gasteiger partial charge in [-0.15, -0.1) is 0 Å². The first-order valence-corrected chi connectivity index (χ1v) is 13.5. The lowest BCUT2D eigenvalue weighted by Crippen LogP contribution is -2.29. The lowest BCUT2D eigenvalue weighted by Gasteiger charge is -2.29. The third kappa shape index (κ3) is 7.30. The number of benzene rings is 2. The second-order valence-electron chi connectivity index (χ2n) is 12.1. The van der Waals surface area contributed by atoms with Crippen molar-refractivity contribution >= 4 is 11.9 Å². The number of hydrogen-bond acceptors (Lipinski definition) is 6. The van der Waals surface area contributed by atoms with Gasteiger partial charge in [0.1, 0.15) is 11.5 Å². The van der Waals surface area contributed by atoms with E-state index in [0.29, 0.717) is 6.42 Å². The van der Waals surface area contributed by atoms with E-state index in [2.05, 4.69) is 41.5 Å². The van der Waals surface area contributed by atoms with E-state index in [4.69, 9.17) is 9.47 Å². The predicted octanol–water partition coefficient (Wildman–Crippen LogP) is 6.96. The van der Waals surface area contributed by atoms with Gasteiger partial charge in [-0.05, 0) is 96.9 Å². The number of ether oxygens (including phenoxy) is 2. The molecule has 0 atom stereocenters.